The number of guanidine groups is 1. The third-order valence-electron chi connectivity index (χ3n) is 5.09. The maximum atomic E-state index is 5.85. The molecule has 1 aromatic rings. The summed E-state index contributed by atoms with van der Waals surface area (Å²) in [7, 11) is 2.12. The van der Waals surface area contributed by atoms with Crippen molar-refractivity contribution in [1.82, 2.24) is 10.2 Å². The molecule has 0 bridgehead atoms. The first-order valence-electron chi connectivity index (χ1n) is 11.3. The monoisotopic (exact) mass is 546 g/mol. The number of rotatable bonds is 11. The number of likely N-dealkylation sites (N-methyl/N-ethyl adjacent to an activating group) is 1. The fourth-order valence-corrected chi connectivity index (χ4v) is 3.25. The molecule has 1 atom stereocenters. The van der Waals surface area contributed by atoms with Crippen LogP contribution in [0, 0.1) is 5.92 Å². The molecule has 3 rings (SSSR count). The Morgan fingerprint density at radius 2 is 2.03 bits per heavy atom. The van der Waals surface area contributed by atoms with Gasteiger partial charge in [0.1, 0.15) is 5.75 Å². The maximum absolute atomic E-state index is 5.85. The summed E-state index contributed by atoms with van der Waals surface area (Å²) in [6.07, 6.45) is 3.91. The van der Waals surface area contributed by atoms with Gasteiger partial charge in [0.2, 0.25) is 0 Å². The Balaban J connectivity index is 0.00000341. The number of benzene rings is 1. The summed E-state index contributed by atoms with van der Waals surface area (Å²) in [5.74, 6) is 2.45. The summed E-state index contributed by atoms with van der Waals surface area (Å²) in [5, 5.41) is 6.83. The number of halogens is 1. The van der Waals surface area contributed by atoms with Crippen molar-refractivity contribution in [2.24, 2.45) is 10.9 Å². The fraction of sp³-hybridized carbons (Fsp3) is 0.696. The van der Waals surface area contributed by atoms with Crippen LogP contribution in [0.2, 0.25) is 0 Å². The van der Waals surface area contributed by atoms with E-state index in [1.54, 1.807) is 0 Å². The number of ether oxygens (including phenoxy) is 3. The first-order chi connectivity index (χ1) is 14.6. The molecule has 8 heteroatoms. The largest absolute Gasteiger partial charge is 0.491 e. The molecule has 1 saturated heterocycles. The highest BCUT2D eigenvalue weighted by Gasteiger charge is 2.21. The van der Waals surface area contributed by atoms with Crippen molar-refractivity contribution in [1.29, 1.82) is 0 Å². The minimum absolute atomic E-state index is 0. The van der Waals surface area contributed by atoms with E-state index in [-0.39, 0.29) is 36.2 Å². The lowest BCUT2D eigenvalue weighted by Crippen LogP contribution is -2.42. The molecule has 2 fully saturated rings. The van der Waals surface area contributed by atoms with Gasteiger partial charge in [-0.3, -0.25) is 4.99 Å². The van der Waals surface area contributed by atoms with E-state index in [9.17, 15) is 0 Å². The first kappa shape index (κ1) is 26.2. The summed E-state index contributed by atoms with van der Waals surface area (Å²) in [5.41, 5.74) is 0.976. The molecule has 1 unspecified atom stereocenters. The molecule has 2 aliphatic rings. The molecule has 0 aromatic heterocycles. The average molecular weight is 546 g/mol. The fourth-order valence-electron chi connectivity index (χ4n) is 3.25. The van der Waals surface area contributed by atoms with Crippen LogP contribution in [0.25, 0.3) is 0 Å². The second kappa shape index (κ2) is 14.1. The Bertz CT molecular complexity index is 653. The highest BCUT2D eigenvalue weighted by Crippen LogP contribution is 2.28. The molecule has 7 nitrogen and oxygen atoms in total. The maximum Gasteiger partial charge on any atom is 0.195 e. The number of hydrogen-bond acceptors (Lipinski definition) is 5. The zero-order chi connectivity index (χ0) is 21.2. The highest BCUT2D eigenvalue weighted by molar-refractivity contribution is 14.0. The third-order valence-corrected chi connectivity index (χ3v) is 5.09. The lowest BCUT2D eigenvalue weighted by molar-refractivity contribution is -0.0136. The third kappa shape index (κ3) is 10.9. The summed E-state index contributed by atoms with van der Waals surface area (Å²) in [4.78, 5) is 7.06. The quantitative estimate of drug-likeness (QED) is 0.192. The number of morpholine rings is 1. The smallest absolute Gasteiger partial charge is 0.195 e. The molecule has 1 aromatic carbocycles. The summed E-state index contributed by atoms with van der Waals surface area (Å²) < 4.78 is 17.3. The molecule has 2 N–H and O–H groups in total. The van der Waals surface area contributed by atoms with Crippen LogP contribution in [0.5, 0.6) is 5.75 Å². The van der Waals surface area contributed by atoms with E-state index in [0.717, 1.165) is 69.2 Å². The average Bonchev–Trinajstić information content (AvgIpc) is 3.54. The van der Waals surface area contributed by atoms with Crippen molar-refractivity contribution >= 4 is 35.6 Å². The SMILES string of the molecule is CC(C)Oc1ccc(NC(=NCC2CN(C)CCO2)NCCCOCC2CC2)cc1.I. The van der Waals surface area contributed by atoms with Crippen LogP contribution in [0.3, 0.4) is 0 Å². The molecule has 1 aliphatic carbocycles. The van der Waals surface area contributed by atoms with Crippen LogP contribution in [0.1, 0.15) is 33.1 Å². The predicted molar refractivity (Wildman–Crippen MR) is 137 cm³/mol. The van der Waals surface area contributed by atoms with Crippen LogP contribution in [0.4, 0.5) is 5.69 Å². The summed E-state index contributed by atoms with van der Waals surface area (Å²) in [6.45, 7) is 9.86. The van der Waals surface area contributed by atoms with E-state index in [4.69, 9.17) is 19.2 Å². The van der Waals surface area contributed by atoms with E-state index in [1.165, 1.54) is 12.8 Å². The lowest BCUT2D eigenvalue weighted by atomic mass is 10.3. The number of nitrogens with zero attached hydrogens (tertiary/aromatic N) is 2. The Morgan fingerprint density at radius 3 is 2.71 bits per heavy atom. The minimum Gasteiger partial charge on any atom is -0.491 e. The number of hydrogen-bond donors (Lipinski definition) is 2. The topological polar surface area (TPSA) is 67.4 Å². The van der Waals surface area contributed by atoms with Gasteiger partial charge >= 0.3 is 0 Å². The van der Waals surface area contributed by atoms with Crippen LogP contribution in [0.15, 0.2) is 29.3 Å². The molecular weight excluding hydrogens is 507 g/mol. The Hall–Kier alpha value is -1.10. The molecule has 0 amide bonds. The van der Waals surface area contributed by atoms with Crippen molar-refractivity contribution in [2.45, 2.75) is 45.3 Å². The molecule has 1 aliphatic heterocycles. The van der Waals surface area contributed by atoms with E-state index in [0.29, 0.717) is 6.54 Å². The van der Waals surface area contributed by atoms with Gasteiger partial charge in [-0.2, -0.15) is 0 Å². The highest BCUT2D eigenvalue weighted by atomic mass is 127. The predicted octanol–water partition coefficient (Wildman–Crippen LogP) is 3.60. The van der Waals surface area contributed by atoms with Crippen LogP contribution in [-0.4, -0.2) is 76.1 Å². The standard InChI is InChI=1S/C23H38N4O3.HI/c1-18(2)30-21-9-7-20(8-10-21)26-23(24-11-4-13-28-17-19-5-6-19)25-15-22-16-27(3)12-14-29-22;/h7-10,18-19,22H,4-6,11-17H2,1-3H3,(H2,24,25,26);1H. The number of aliphatic imine (C=N–C) groups is 1. The normalized spacial score (nSPS) is 19.7. The number of anilines is 1. The molecule has 1 saturated carbocycles. The van der Waals surface area contributed by atoms with Crippen molar-refractivity contribution in [3.8, 4) is 5.75 Å². The molecular formula is C23H39IN4O3. The molecule has 0 spiro atoms. The van der Waals surface area contributed by atoms with Gasteiger partial charge in [-0.05, 0) is 70.3 Å². The van der Waals surface area contributed by atoms with Crippen molar-refractivity contribution in [3.05, 3.63) is 24.3 Å². The second-order valence-corrected chi connectivity index (χ2v) is 8.56. The summed E-state index contributed by atoms with van der Waals surface area (Å²) in [6, 6.07) is 7.98. The second-order valence-electron chi connectivity index (χ2n) is 8.56. The lowest BCUT2D eigenvalue weighted by Gasteiger charge is -2.29. The van der Waals surface area contributed by atoms with Gasteiger partial charge in [0.25, 0.3) is 0 Å². The molecule has 1 heterocycles. The molecule has 31 heavy (non-hydrogen) atoms. The Morgan fingerprint density at radius 1 is 1.26 bits per heavy atom. The van der Waals surface area contributed by atoms with Crippen LogP contribution < -0.4 is 15.4 Å². The van der Waals surface area contributed by atoms with Crippen LogP contribution in [-0.2, 0) is 9.47 Å². The first-order valence-corrected chi connectivity index (χ1v) is 11.3. The zero-order valence-electron chi connectivity index (χ0n) is 19.1. The Kier molecular flexibility index (Phi) is 11.9. The van der Waals surface area contributed by atoms with Gasteiger partial charge < -0.3 is 29.7 Å². The molecule has 176 valence electrons. The Labute approximate surface area is 204 Å². The van der Waals surface area contributed by atoms with Crippen molar-refractivity contribution in [2.75, 3.05) is 58.4 Å². The minimum atomic E-state index is 0. The zero-order valence-corrected chi connectivity index (χ0v) is 21.5. The van der Waals surface area contributed by atoms with E-state index in [2.05, 4.69) is 22.6 Å². The van der Waals surface area contributed by atoms with Crippen LogP contribution >= 0.6 is 24.0 Å². The van der Waals surface area contributed by atoms with E-state index >= 15 is 0 Å². The van der Waals surface area contributed by atoms with Gasteiger partial charge in [0.05, 0.1) is 25.4 Å². The number of nitrogens with one attached hydrogen (secondary N) is 2. The van der Waals surface area contributed by atoms with Gasteiger partial charge in [-0.25, -0.2) is 0 Å². The van der Waals surface area contributed by atoms with E-state index in [1.807, 2.05) is 38.1 Å². The van der Waals surface area contributed by atoms with Gasteiger partial charge in [-0.1, -0.05) is 0 Å². The van der Waals surface area contributed by atoms with Gasteiger partial charge in [0.15, 0.2) is 5.96 Å². The van der Waals surface area contributed by atoms with Crippen molar-refractivity contribution < 1.29 is 14.2 Å². The van der Waals surface area contributed by atoms with Crippen molar-refractivity contribution in [3.63, 3.8) is 0 Å². The van der Waals surface area contributed by atoms with Gasteiger partial charge in [-0.15, -0.1) is 24.0 Å². The molecule has 0 radical (unpaired) electrons. The van der Waals surface area contributed by atoms with Gasteiger partial charge in [0, 0.05) is 38.5 Å². The van der Waals surface area contributed by atoms with E-state index < -0.39 is 0 Å². The summed E-state index contributed by atoms with van der Waals surface area (Å²) >= 11 is 0.